The van der Waals surface area contributed by atoms with Crippen molar-refractivity contribution >= 4 is 17.3 Å². The van der Waals surface area contributed by atoms with Gasteiger partial charge in [0.25, 0.3) is 5.91 Å². The van der Waals surface area contributed by atoms with Gasteiger partial charge in [-0.2, -0.15) is 0 Å². The van der Waals surface area contributed by atoms with E-state index in [-0.39, 0.29) is 18.7 Å². The van der Waals surface area contributed by atoms with Gasteiger partial charge in [0, 0.05) is 18.2 Å². The first-order valence-corrected chi connectivity index (χ1v) is 7.73. The molecule has 1 atom stereocenters. The molecule has 23 heavy (non-hydrogen) atoms. The van der Waals surface area contributed by atoms with Crippen LogP contribution in [0.1, 0.15) is 25.5 Å². The molecule has 0 radical (unpaired) electrons. The lowest BCUT2D eigenvalue weighted by molar-refractivity contribution is -0.120. The summed E-state index contributed by atoms with van der Waals surface area (Å²) in [5.74, 6) is 1.43. The molecule has 2 aliphatic heterocycles. The Bertz CT molecular complexity index is 758. The van der Waals surface area contributed by atoms with Crippen LogP contribution < -0.4 is 19.7 Å². The maximum absolute atomic E-state index is 13.0. The van der Waals surface area contributed by atoms with Crippen LogP contribution in [0.5, 0.6) is 11.5 Å². The quantitative estimate of drug-likeness (QED) is 0.924. The zero-order chi connectivity index (χ0) is 16.0. The standard InChI is InChI=1S/C18H18N2O3/c1-11(2)20-14-9-16-15(22-10-23-16)8-13(14)19-17(18(20)21)12-6-4-3-5-7-12/h3-9,11,17,19H,10H2,1-2H3. The van der Waals surface area contributed by atoms with E-state index in [0.717, 1.165) is 16.9 Å². The van der Waals surface area contributed by atoms with Crippen molar-refractivity contribution in [2.45, 2.75) is 25.9 Å². The van der Waals surface area contributed by atoms with E-state index >= 15 is 0 Å². The Balaban J connectivity index is 1.83. The van der Waals surface area contributed by atoms with Crippen molar-refractivity contribution in [1.82, 2.24) is 0 Å². The summed E-state index contributed by atoms with van der Waals surface area (Å²) in [5, 5.41) is 3.35. The fourth-order valence-corrected chi connectivity index (χ4v) is 3.13. The molecule has 0 bridgehead atoms. The first-order chi connectivity index (χ1) is 11.1. The van der Waals surface area contributed by atoms with Crippen molar-refractivity contribution in [3.05, 3.63) is 48.0 Å². The molecular weight excluding hydrogens is 292 g/mol. The first kappa shape index (κ1) is 13.9. The number of fused-ring (bicyclic) bond motifs is 2. The minimum Gasteiger partial charge on any atom is -0.454 e. The zero-order valence-corrected chi connectivity index (χ0v) is 13.1. The number of anilines is 2. The highest BCUT2D eigenvalue weighted by Gasteiger charge is 2.36. The molecule has 5 heteroatoms. The Morgan fingerprint density at radius 2 is 1.83 bits per heavy atom. The zero-order valence-electron chi connectivity index (χ0n) is 13.1. The predicted molar refractivity (Wildman–Crippen MR) is 88.0 cm³/mol. The second-order valence-corrected chi connectivity index (χ2v) is 6.01. The van der Waals surface area contributed by atoms with Crippen molar-refractivity contribution in [3.8, 4) is 11.5 Å². The van der Waals surface area contributed by atoms with Crippen molar-refractivity contribution < 1.29 is 14.3 Å². The molecule has 1 N–H and O–H groups in total. The fourth-order valence-electron chi connectivity index (χ4n) is 3.13. The maximum Gasteiger partial charge on any atom is 0.254 e. The van der Waals surface area contributed by atoms with E-state index in [0.29, 0.717) is 11.5 Å². The summed E-state index contributed by atoms with van der Waals surface area (Å²) in [6.07, 6.45) is 0. The highest BCUT2D eigenvalue weighted by molar-refractivity contribution is 6.06. The third-order valence-electron chi connectivity index (χ3n) is 4.18. The van der Waals surface area contributed by atoms with Gasteiger partial charge < -0.3 is 19.7 Å². The third-order valence-corrected chi connectivity index (χ3v) is 4.18. The SMILES string of the molecule is CC(C)N1C(=O)C(c2ccccc2)Nc2cc3c(cc21)OCO3. The molecule has 2 aromatic rings. The minimum absolute atomic E-state index is 0.0394. The molecule has 118 valence electrons. The summed E-state index contributed by atoms with van der Waals surface area (Å²) >= 11 is 0. The van der Waals surface area contributed by atoms with E-state index in [1.807, 2.05) is 61.2 Å². The fraction of sp³-hybridized carbons (Fsp3) is 0.278. The number of benzene rings is 2. The number of rotatable bonds is 2. The smallest absolute Gasteiger partial charge is 0.254 e. The van der Waals surface area contributed by atoms with Crippen LogP contribution in [0.4, 0.5) is 11.4 Å². The van der Waals surface area contributed by atoms with Gasteiger partial charge in [0.1, 0.15) is 6.04 Å². The van der Waals surface area contributed by atoms with Gasteiger partial charge in [-0.15, -0.1) is 0 Å². The second kappa shape index (κ2) is 5.19. The van der Waals surface area contributed by atoms with Gasteiger partial charge in [0.15, 0.2) is 11.5 Å². The van der Waals surface area contributed by atoms with Gasteiger partial charge in [0.05, 0.1) is 11.4 Å². The Morgan fingerprint density at radius 3 is 2.52 bits per heavy atom. The molecule has 0 saturated carbocycles. The highest BCUT2D eigenvalue weighted by atomic mass is 16.7. The number of ether oxygens (including phenoxy) is 2. The van der Waals surface area contributed by atoms with Crippen LogP contribution in [0, 0.1) is 0 Å². The highest BCUT2D eigenvalue weighted by Crippen LogP contribution is 2.45. The normalized spacial score (nSPS) is 18.8. The molecule has 2 heterocycles. The van der Waals surface area contributed by atoms with E-state index in [1.165, 1.54) is 0 Å². The van der Waals surface area contributed by atoms with Crippen LogP contribution in [0.25, 0.3) is 0 Å². The van der Waals surface area contributed by atoms with Crippen molar-refractivity contribution in [3.63, 3.8) is 0 Å². The summed E-state index contributed by atoms with van der Waals surface area (Å²) in [5.41, 5.74) is 2.67. The number of carbonyl (C=O) groups excluding carboxylic acids is 1. The Morgan fingerprint density at radius 1 is 1.13 bits per heavy atom. The minimum atomic E-state index is -0.397. The largest absolute Gasteiger partial charge is 0.454 e. The number of nitrogens with zero attached hydrogens (tertiary/aromatic N) is 1. The summed E-state index contributed by atoms with van der Waals surface area (Å²) in [7, 11) is 0. The average Bonchev–Trinajstić information content (AvgIpc) is 3.00. The van der Waals surface area contributed by atoms with Gasteiger partial charge in [0.2, 0.25) is 6.79 Å². The van der Waals surface area contributed by atoms with Gasteiger partial charge in [-0.05, 0) is 19.4 Å². The second-order valence-electron chi connectivity index (χ2n) is 6.01. The predicted octanol–water partition coefficient (Wildman–Crippen LogP) is 3.32. The summed E-state index contributed by atoms with van der Waals surface area (Å²) < 4.78 is 10.9. The Hall–Kier alpha value is -2.69. The molecule has 2 aromatic carbocycles. The Labute approximate surface area is 134 Å². The topological polar surface area (TPSA) is 50.8 Å². The molecule has 2 aliphatic rings. The van der Waals surface area contributed by atoms with Gasteiger partial charge >= 0.3 is 0 Å². The number of nitrogens with one attached hydrogen (secondary N) is 1. The third kappa shape index (κ3) is 2.20. The lowest BCUT2D eigenvalue weighted by Gasteiger charge is -2.38. The first-order valence-electron chi connectivity index (χ1n) is 7.73. The number of hydrogen-bond donors (Lipinski definition) is 1. The molecular formula is C18H18N2O3. The molecule has 4 rings (SSSR count). The van der Waals surface area contributed by atoms with Crippen molar-refractivity contribution in [2.75, 3.05) is 17.0 Å². The van der Waals surface area contributed by atoms with E-state index in [1.54, 1.807) is 0 Å². The van der Waals surface area contributed by atoms with E-state index in [2.05, 4.69) is 5.32 Å². The molecule has 0 aromatic heterocycles. The Kier molecular flexibility index (Phi) is 3.15. The number of carbonyl (C=O) groups is 1. The maximum atomic E-state index is 13.0. The van der Waals surface area contributed by atoms with Crippen LogP contribution in [-0.4, -0.2) is 18.7 Å². The van der Waals surface area contributed by atoms with E-state index < -0.39 is 6.04 Å². The van der Waals surface area contributed by atoms with Crippen LogP contribution in [0.3, 0.4) is 0 Å². The lowest BCUT2D eigenvalue weighted by Crippen LogP contribution is -2.46. The van der Waals surface area contributed by atoms with Crippen LogP contribution in [0.15, 0.2) is 42.5 Å². The van der Waals surface area contributed by atoms with Crippen molar-refractivity contribution in [2.24, 2.45) is 0 Å². The molecule has 0 spiro atoms. The van der Waals surface area contributed by atoms with Crippen LogP contribution in [-0.2, 0) is 4.79 Å². The van der Waals surface area contributed by atoms with Crippen molar-refractivity contribution in [1.29, 1.82) is 0 Å². The molecule has 5 nitrogen and oxygen atoms in total. The average molecular weight is 310 g/mol. The molecule has 1 unspecified atom stereocenters. The van der Waals surface area contributed by atoms with E-state index in [4.69, 9.17) is 9.47 Å². The summed E-state index contributed by atoms with van der Waals surface area (Å²) in [6, 6.07) is 13.2. The van der Waals surface area contributed by atoms with Gasteiger partial charge in [-0.25, -0.2) is 0 Å². The van der Waals surface area contributed by atoms with Crippen LogP contribution in [0.2, 0.25) is 0 Å². The van der Waals surface area contributed by atoms with Gasteiger partial charge in [-0.3, -0.25) is 4.79 Å². The molecule has 0 fully saturated rings. The van der Waals surface area contributed by atoms with Crippen LogP contribution >= 0.6 is 0 Å². The number of hydrogen-bond acceptors (Lipinski definition) is 4. The monoisotopic (exact) mass is 310 g/mol. The van der Waals surface area contributed by atoms with Gasteiger partial charge in [-0.1, -0.05) is 30.3 Å². The van der Waals surface area contributed by atoms with E-state index in [9.17, 15) is 4.79 Å². The summed E-state index contributed by atoms with van der Waals surface area (Å²) in [4.78, 5) is 14.8. The molecule has 1 amide bonds. The summed E-state index contributed by atoms with van der Waals surface area (Å²) in [6.45, 7) is 4.25. The molecule has 0 aliphatic carbocycles. The lowest BCUT2D eigenvalue weighted by atomic mass is 10.00. The number of amides is 1. The molecule has 0 saturated heterocycles.